The Hall–Kier alpha value is -2.49. The van der Waals surface area contributed by atoms with Gasteiger partial charge in [0.05, 0.1) is 25.6 Å². The predicted octanol–water partition coefficient (Wildman–Crippen LogP) is 1.16. The molecule has 1 saturated heterocycles. The van der Waals surface area contributed by atoms with Crippen LogP contribution < -0.4 is 14.8 Å². The highest BCUT2D eigenvalue weighted by atomic mass is 16.7. The quantitative estimate of drug-likeness (QED) is 0.119. The van der Waals surface area contributed by atoms with Crippen LogP contribution in [0.5, 0.6) is 11.5 Å². The number of benzene rings is 1. The largest absolute Gasteiger partial charge is 0.485 e. The van der Waals surface area contributed by atoms with Gasteiger partial charge in [-0.2, -0.15) is 0 Å². The number of rotatable bonds is 13. The third-order valence-electron chi connectivity index (χ3n) is 10.9. The van der Waals surface area contributed by atoms with Gasteiger partial charge in [-0.25, -0.2) is 0 Å². The maximum Gasteiger partial charge on any atom is 0.306 e. The van der Waals surface area contributed by atoms with E-state index in [1.807, 2.05) is 0 Å². The first-order chi connectivity index (χ1) is 22.6. The SMILES string of the molecule is CCOC(=O)CCc1cc2ccoc2c(OCCNC2CCCC2)c1OC1OC(CO)C2(O)CC3CCC(O)C(CO)C3C1(O)C2O. The number of aliphatic hydroxyl groups is 6. The number of esters is 1. The first-order valence-electron chi connectivity index (χ1n) is 17.0. The minimum atomic E-state index is -2.32. The van der Waals surface area contributed by atoms with Gasteiger partial charge >= 0.3 is 5.97 Å². The molecule has 13 heteroatoms. The lowest BCUT2D eigenvalue weighted by Crippen LogP contribution is -2.81. The molecule has 0 amide bonds. The Balaban J connectivity index is 1.40. The Bertz CT molecular complexity index is 1380. The van der Waals surface area contributed by atoms with Crippen molar-refractivity contribution in [1.29, 1.82) is 0 Å². The van der Waals surface area contributed by atoms with Crippen molar-refractivity contribution < 1.29 is 58.8 Å². The third kappa shape index (κ3) is 6.25. The van der Waals surface area contributed by atoms with Crippen LogP contribution in [0, 0.1) is 17.8 Å². The summed E-state index contributed by atoms with van der Waals surface area (Å²) in [7, 11) is 0. The molecule has 9 atom stereocenters. The van der Waals surface area contributed by atoms with Crippen molar-refractivity contribution in [2.24, 2.45) is 17.8 Å². The van der Waals surface area contributed by atoms with Crippen molar-refractivity contribution >= 4 is 16.9 Å². The van der Waals surface area contributed by atoms with Crippen LogP contribution in [-0.2, 0) is 20.7 Å². The lowest BCUT2D eigenvalue weighted by molar-refractivity contribution is -0.397. The molecule has 0 radical (unpaired) electrons. The Labute approximate surface area is 273 Å². The molecule has 2 bridgehead atoms. The van der Waals surface area contributed by atoms with Crippen molar-refractivity contribution in [2.75, 3.05) is 33.0 Å². The van der Waals surface area contributed by atoms with Crippen molar-refractivity contribution in [3.63, 3.8) is 0 Å². The summed E-state index contributed by atoms with van der Waals surface area (Å²) < 4.78 is 30.0. The maximum absolute atomic E-state index is 12.6. The fourth-order valence-electron chi connectivity index (χ4n) is 8.65. The molecule has 9 unspecified atom stereocenters. The number of carbonyl (C=O) groups is 1. The van der Waals surface area contributed by atoms with E-state index in [4.69, 9.17) is 23.4 Å². The fourth-order valence-corrected chi connectivity index (χ4v) is 8.65. The second kappa shape index (κ2) is 14.2. The molecule has 47 heavy (non-hydrogen) atoms. The van der Waals surface area contributed by atoms with E-state index >= 15 is 0 Å². The Morgan fingerprint density at radius 1 is 1.09 bits per heavy atom. The molecule has 1 aliphatic heterocycles. The van der Waals surface area contributed by atoms with Gasteiger partial charge in [-0.15, -0.1) is 0 Å². The Morgan fingerprint density at radius 3 is 2.60 bits per heavy atom. The zero-order valence-electron chi connectivity index (χ0n) is 26.9. The first kappa shape index (κ1) is 34.4. The van der Waals surface area contributed by atoms with E-state index in [0.717, 1.165) is 12.8 Å². The second-order valence-electron chi connectivity index (χ2n) is 13.6. The number of furan rings is 1. The van der Waals surface area contributed by atoms with Gasteiger partial charge in [0.1, 0.15) is 24.4 Å². The molecular formula is C34H49NO12. The second-order valence-corrected chi connectivity index (χ2v) is 13.6. The smallest absolute Gasteiger partial charge is 0.306 e. The van der Waals surface area contributed by atoms with Crippen LogP contribution in [0.25, 0.3) is 11.0 Å². The highest BCUT2D eigenvalue weighted by Crippen LogP contribution is 2.58. The number of hydrogen-bond donors (Lipinski definition) is 7. The van der Waals surface area contributed by atoms with E-state index in [1.54, 1.807) is 19.1 Å². The normalized spacial score (nSPS) is 35.5. The average molecular weight is 664 g/mol. The predicted molar refractivity (Wildman–Crippen MR) is 167 cm³/mol. The van der Waals surface area contributed by atoms with Gasteiger partial charge in [-0.05, 0) is 69.1 Å². The highest BCUT2D eigenvalue weighted by molar-refractivity contribution is 5.87. The lowest BCUT2D eigenvalue weighted by atomic mass is 9.51. The van der Waals surface area contributed by atoms with Crippen LogP contribution in [-0.4, -0.2) is 111 Å². The molecule has 3 saturated carbocycles. The van der Waals surface area contributed by atoms with Crippen molar-refractivity contribution in [3.05, 3.63) is 24.0 Å². The van der Waals surface area contributed by atoms with Crippen LogP contribution in [0.3, 0.4) is 0 Å². The summed E-state index contributed by atoms with van der Waals surface area (Å²) in [5.74, 6) is -2.30. The third-order valence-corrected chi connectivity index (χ3v) is 10.9. The molecule has 3 aliphatic carbocycles. The number of aliphatic hydroxyl groups excluding tert-OH is 4. The van der Waals surface area contributed by atoms with E-state index in [2.05, 4.69) is 5.32 Å². The molecule has 4 aliphatic rings. The molecule has 6 rings (SSSR count). The van der Waals surface area contributed by atoms with Crippen LogP contribution in [0.2, 0.25) is 0 Å². The van der Waals surface area contributed by atoms with Gasteiger partial charge < -0.3 is 59.3 Å². The first-order valence-corrected chi connectivity index (χ1v) is 17.0. The molecule has 13 nitrogen and oxygen atoms in total. The fraction of sp³-hybridized carbons (Fsp3) is 0.735. The van der Waals surface area contributed by atoms with Gasteiger partial charge in [0.2, 0.25) is 12.0 Å². The molecule has 262 valence electrons. The number of aryl methyl sites for hydroxylation is 1. The number of carbonyl (C=O) groups excluding carboxylic acids is 1. The van der Waals surface area contributed by atoms with E-state index in [-0.39, 0.29) is 44.0 Å². The van der Waals surface area contributed by atoms with Gasteiger partial charge in [0.25, 0.3) is 0 Å². The summed E-state index contributed by atoms with van der Waals surface area (Å²) >= 11 is 0. The number of fused-ring (bicyclic) bond motifs is 5. The molecule has 7 N–H and O–H groups in total. The van der Waals surface area contributed by atoms with E-state index in [0.29, 0.717) is 42.0 Å². The van der Waals surface area contributed by atoms with Crippen molar-refractivity contribution in [2.45, 2.75) is 107 Å². The summed E-state index contributed by atoms with van der Waals surface area (Å²) in [6.07, 6.45) is 1.16. The van der Waals surface area contributed by atoms with E-state index in [9.17, 15) is 35.4 Å². The minimum Gasteiger partial charge on any atom is -0.485 e. The van der Waals surface area contributed by atoms with Crippen LogP contribution in [0.15, 0.2) is 22.8 Å². The van der Waals surface area contributed by atoms with Crippen molar-refractivity contribution in [3.8, 4) is 11.5 Å². The molecule has 2 heterocycles. The van der Waals surface area contributed by atoms with E-state index < -0.39 is 72.7 Å². The van der Waals surface area contributed by atoms with Gasteiger partial charge in [0, 0.05) is 42.8 Å². The van der Waals surface area contributed by atoms with Gasteiger partial charge in [-0.1, -0.05) is 12.8 Å². The van der Waals surface area contributed by atoms with Crippen LogP contribution >= 0.6 is 0 Å². The molecule has 1 aromatic carbocycles. The summed E-state index contributed by atoms with van der Waals surface area (Å²) in [5.41, 5.74) is -3.46. The molecule has 1 aromatic heterocycles. The highest BCUT2D eigenvalue weighted by Gasteiger charge is 2.73. The van der Waals surface area contributed by atoms with Crippen molar-refractivity contribution in [1.82, 2.24) is 5.32 Å². The Kier molecular flexibility index (Phi) is 10.4. The van der Waals surface area contributed by atoms with Crippen LogP contribution in [0.1, 0.15) is 63.9 Å². The number of ether oxygens (including phenoxy) is 4. The molecule has 2 aromatic rings. The lowest BCUT2D eigenvalue weighted by Gasteiger charge is -2.64. The van der Waals surface area contributed by atoms with E-state index in [1.165, 1.54) is 19.1 Å². The summed E-state index contributed by atoms with van der Waals surface area (Å²) in [5, 5.41) is 71.8. The van der Waals surface area contributed by atoms with Crippen LogP contribution in [0.4, 0.5) is 0 Å². The number of hydrogen-bond acceptors (Lipinski definition) is 13. The zero-order valence-corrected chi connectivity index (χ0v) is 26.9. The summed E-state index contributed by atoms with van der Waals surface area (Å²) in [6.45, 7) is 1.58. The molecular weight excluding hydrogens is 614 g/mol. The average Bonchev–Trinajstić information content (AvgIpc) is 3.75. The van der Waals surface area contributed by atoms with Gasteiger partial charge in [0.15, 0.2) is 16.9 Å². The summed E-state index contributed by atoms with van der Waals surface area (Å²) in [4.78, 5) is 12.4. The topological polar surface area (TPSA) is 201 Å². The molecule has 4 fully saturated rings. The Morgan fingerprint density at radius 2 is 1.87 bits per heavy atom. The zero-order chi connectivity index (χ0) is 33.3. The monoisotopic (exact) mass is 663 g/mol. The summed E-state index contributed by atoms with van der Waals surface area (Å²) in [6, 6.07) is 3.96. The van der Waals surface area contributed by atoms with Gasteiger partial charge in [-0.3, -0.25) is 4.79 Å². The molecule has 0 spiro atoms. The minimum absolute atomic E-state index is 0.00614. The maximum atomic E-state index is 12.6. The standard InChI is InChI=1S/C34H49NO12/c1-2-43-26(39)10-8-19-15-20-11-13-44-28(20)30(45-14-12-35-22-5-3-4-6-22)29(19)47-32-34(42)27-21(7-9-24(38)23(27)17-36)16-33(41,31(34)40)25(18-37)46-32/h11,13,15,21-25,27,31-32,35-38,40-42H,2-10,12,14,16-18H2,1H3. The number of nitrogens with one attached hydrogen (secondary N) is 1.